The van der Waals surface area contributed by atoms with Crippen molar-refractivity contribution in [2.75, 3.05) is 36.0 Å². The summed E-state index contributed by atoms with van der Waals surface area (Å²) < 4.78 is 40.5. The van der Waals surface area contributed by atoms with Gasteiger partial charge in [0.2, 0.25) is 0 Å². The summed E-state index contributed by atoms with van der Waals surface area (Å²) in [5, 5.41) is 7.30. The number of esters is 1. The first kappa shape index (κ1) is 26.1. The van der Waals surface area contributed by atoms with Gasteiger partial charge < -0.3 is 24.4 Å². The number of ether oxygens (including phenoxy) is 1. The van der Waals surface area contributed by atoms with E-state index >= 15 is 0 Å². The van der Waals surface area contributed by atoms with Gasteiger partial charge in [-0.15, -0.1) is 0 Å². The molecule has 3 heterocycles. The van der Waals surface area contributed by atoms with E-state index in [0.29, 0.717) is 31.7 Å². The molecule has 2 aliphatic rings. The molecule has 2 aliphatic heterocycles. The van der Waals surface area contributed by atoms with Crippen LogP contribution in [0.1, 0.15) is 51.2 Å². The summed E-state index contributed by atoms with van der Waals surface area (Å²) in [6, 6.07) is 8.75. The molecule has 1 N–H and O–H groups in total. The van der Waals surface area contributed by atoms with Crippen molar-refractivity contribution in [3.63, 3.8) is 0 Å². The molecule has 0 aliphatic carbocycles. The number of nitrogens with zero attached hydrogens (tertiary/aromatic N) is 4. The molecule has 0 amide bonds. The Morgan fingerprint density at radius 1 is 1.11 bits per heavy atom. The number of nitrogens with one attached hydrogen (secondary N) is 1. The predicted molar refractivity (Wildman–Crippen MR) is 140 cm³/mol. The average molecular weight is 526 g/mol. The second kappa shape index (κ2) is 10.7. The Bertz CT molecular complexity index is 1290. The van der Waals surface area contributed by atoms with Gasteiger partial charge in [-0.05, 0) is 74.5 Å². The van der Waals surface area contributed by atoms with E-state index in [1.165, 1.54) is 12.1 Å². The highest BCUT2D eigenvalue weighted by Crippen LogP contribution is 2.36. The van der Waals surface area contributed by atoms with Gasteiger partial charge >= 0.3 is 5.97 Å². The second-order valence-corrected chi connectivity index (χ2v) is 10.8. The quantitative estimate of drug-likeness (QED) is 0.320. The summed E-state index contributed by atoms with van der Waals surface area (Å²) in [4.78, 5) is 20.1. The van der Waals surface area contributed by atoms with Crippen molar-refractivity contribution >= 4 is 23.3 Å². The van der Waals surface area contributed by atoms with Crippen LogP contribution < -0.4 is 15.1 Å². The number of hydrogen-bond acceptors (Lipinski definition) is 8. The molecule has 0 spiro atoms. The predicted octanol–water partition coefficient (Wildman–Crippen LogP) is 5.13. The minimum absolute atomic E-state index is 0.178. The molecule has 0 atom stereocenters. The fourth-order valence-electron chi connectivity index (χ4n) is 4.94. The number of carbonyl (C=O) groups excluding carboxylic acids is 1. The van der Waals surface area contributed by atoms with E-state index in [2.05, 4.69) is 21.5 Å². The smallest absolute Gasteiger partial charge is 0.307 e. The fourth-order valence-corrected chi connectivity index (χ4v) is 4.94. The maximum atomic E-state index is 14.9. The van der Waals surface area contributed by atoms with E-state index < -0.39 is 17.2 Å². The summed E-state index contributed by atoms with van der Waals surface area (Å²) in [5.74, 6) is -1.57. The van der Waals surface area contributed by atoms with Gasteiger partial charge in [-0.25, -0.2) is 8.78 Å². The van der Waals surface area contributed by atoms with Crippen LogP contribution in [0.2, 0.25) is 0 Å². The minimum Gasteiger partial charge on any atom is -0.460 e. The van der Waals surface area contributed by atoms with Crippen LogP contribution in [-0.4, -0.2) is 47.9 Å². The summed E-state index contributed by atoms with van der Waals surface area (Å²) >= 11 is 0. The highest BCUT2D eigenvalue weighted by atomic mass is 19.1. The van der Waals surface area contributed by atoms with E-state index in [0.717, 1.165) is 49.2 Å². The van der Waals surface area contributed by atoms with Crippen LogP contribution in [0, 0.1) is 11.6 Å². The number of carbonyl (C=O) groups is 1. The topological polar surface area (TPSA) is 83.7 Å². The monoisotopic (exact) mass is 525 g/mol. The molecule has 0 bridgehead atoms. The zero-order valence-corrected chi connectivity index (χ0v) is 22.0. The van der Waals surface area contributed by atoms with E-state index in [1.807, 2.05) is 42.7 Å². The minimum atomic E-state index is -0.715. The van der Waals surface area contributed by atoms with E-state index in [9.17, 15) is 13.6 Å². The van der Waals surface area contributed by atoms with Crippen LogP contribution in [0.5, 0.6) is 0 Å². The van der Waals surface area contributed by atoms with Crippen LogP contribution in [0.25, 0.3) is 11.5 Å². The Hall–Kier alpha value is -3.53. The van der Waals surface area contributed by atoms with Crippen LogP contribution in [0.4, 0.5) is 26.1 Å². The average Bonchev–Trinajstić information content (AvgIpc) is 3.61. The third-order valence-corrected chi connectivity index (χ3v) is 6.66. The SMILES string of the molecule is CC(C)(C)OC(=O)CCNCc1ccc2c(c1)CCN2c1noc(-c2c(F)cc(N3CCCC3)cc2F)n1. The van der Waals surface area contributed by atoms with Crippen molar-refractivity contribution in [3.8, 4) is 11.5 Å². The Morgan fingerprint density at radius 2 is 1.84 bits per heavy atom. The fraction of sp³-hybridized carbons (Fsp3) is 0.464. The second-order valence-electron chi connectivity index (χ2n) is 10.8. The summed E-state index contributed by atoms with van der Waals surface area (Å²) in [6.07, 6.45) is 3.11. The van der Waals surface area contributed by atoms with Crippen LogP contribution in [-0.2, 0) is 22.5 Å². The molecule has 2 aromatic carbocycles. The lowest BCUT2D eigenvalue weighted by Gasteiger charge is -2.19. The van der Waals surface area contributed by atoms with Gasteiger partial charge in [-0.2, -0.15) is 4.98 Å². The molecule has 0 unspecified atom stereocenters. The highest BCUT2D eigenvalue weighted by molar-refractivity contribution is 5.70. The highest BCUT2D eigenvalue weighted by Gasteiger charge is 2.27. The number of hydrogen-bond donors (Lipinski definition) is 1. The van der Waals surface area contributed by atoms with Gasteiger partial charge in [0.1, 0.15) is 22.8 Å². The molecule has 10 heteroatoms. The molecular weight excluding hydrogens is 492 g/mol. The summed E-state index contributed by atoms with van der Waals surface area (Å²) in [7, 11) is 0. The van der Waals surface area contributed by atoms with Crippen LogP contribution >= 0.6 is 0 Å². The maximum Gasteiger partial charge on any atom is 0.307 e. The normalized spacial score (nSPS) is 15.3. The van der Waals surface area contributed by atoms with Crippen molar-refractivity contribution in [1.82, 2.24) is 15.5 Å². The number of rotatable bonds is 8. The summed E-state index contributed by atoms with van der Waals surface area (Å²) in [5.41, 5.74) is 2.88. The van der Waals surface area contributed by atoms with E-state index in [1.54, 1.807) is 0 Å². The molecule has 1 fully saturated rings. The standard InChI is InChI=1S/C28H33F2N5O3/c1-28(2,3)37-24(36)8-10-31-17-18-6-7-23-19(14-18)9-13-35(23)27-32-26(38-33-27)25-21(29)15-20(16-22(25)30)34-11-4-5-12-34/h6-7,14-16,31H,4-5,8-13,17H2,1-3H3. The Morgan fingerprint density at radius 3 is 2.55 bits per heavy atom. The Balaban J connectivity index is 1.23. The number of aromatic nitrogens is 2. The molecule has 8 nitrogen and oxygen atoms in total. The van der Waals surface area contributed by atoms with Crippen LogP contribution in [0.3, 0.4) is 0 Å². The lowest BCUT2D eigenvalue weighted by Crippen LogP contribution is -2.26. The molecular formula is C28H33F2N5O3. The van der Waals surface area contributed by atoms with Gasteiger partial charge in [0, 0.05) is 44.1 Å². The molecule has 5 rings (SSSR count). The first-order valence-electron chi connectivity index (χ1n) is 13.1. The van der Waals surface area contributed by atoms with Crippen molar-refractivity contribution in [3.05, 3.63) is 53.1 Å². The third-order valence-electron chi connectivity index (χ3n) is 6.66. The Labute approximate surface area is 221 Å². The third kappa shape index (κ3) is 5.80. The lowest BCUT2D eigenvalue weighted by atomic mass is 10.1. The zero-order valence-electron chi connectivity index (χ0n) is 22.0. The van der Waals surface area contributed by atoms with E-state index in [-0.39, 0.29) is 23.4 Å². The molecule has 0 saturated carbocycles. The molecule has 1 saturated heterocycles. The lowest BCUT2D eigenvalue weighted by molar-refractivity contribution is -0.154. The first-order valence-corrected chi connectivity index (χ1v) is 13.1. The number of fused-ring (bicyclic) bond motifs is 1. The van der Waals surface area contributed by atoms with Gasteiger partial charge in [0.25, 0.3) is 11.8 Å². The van der Waals surface area contributed by atoms with Crippen molar-refractivity contribution in [2.45, 2.75) is 58.6 Å². The molecule has 3 aromatic rings. The largest absolute Gasteiger partial charge is 0.460 e. The molecule has 1 aromatic heterocycles. The van der Waals surface area contributed by atoms with E-state index in [4.69, 9.17) is 9.26 Å². The number of anilines is 3. The molecule has 38 heavy (non-hydrogen) atoms. The van der Waals surface area contributed by atoms with Crippen molar-refractivity contribution in [1.29, 1.82) is 0 Å². The Kier molecular flexibility index (Phi) is 7.34. The summed E-state index contributed by atoms with van der Waals surface area (Å²) in [6.45, 7) is 8.91. The molecule has 202 valence electrons. The number of halogens is 2. The van der Waals surface area contributed by atoms with Crippen LogP contribution in [0.15, 0.2) is 34.9 Å². The number of benzene rings is 2. The maximum absolute atomic E-state index is 14.9. The van der Waals surface area contributed by atoms with Crippen molar-refractivity contribution < 1.29 is 22.8 Å². The van der Waals surface area contributed by atoms with Gasteiger partial charge in [0.05, 0.1) is 6.42 Å². The van der Waals surface area contributed by atoms with Gasteiger partial charge in [0.15, 0.2) is 0 Å². The first-order chi connectivity index (χ1) is 18.2. The van der Waals surface area contributed by atoms with Crippen molar-refractivity contribution in [2.24, 2.45) is 0 Å². The van der Waals surface area contributed by atoms with Gasteiger partial charge in [-0.3, -0.25) is 4.79 Å². The molecule has 0 radical (unpaired) electrons. The van der Waals surface area contributed by atoms with Gasteiger partial charge in [-0.1, -0.05) is 12.1 Å². The zero-order chi connectivity index (χ0) is 26.9.